The number of rotatable bonds is 6. The third kappa shape index (κ3) is 4.84. The molecule has 0 aliphatic carbocycles. The Hall–Kier alpha value is -3.22. The SMILES string of the molecule is COc1ccc(OC)c(C2CCCN2C(=O)NC(C)c2cccc(NC(C)=O)c2)c1. The van der Waals surface area contributed by atoms with Crippen LogP contribution in [0.15, 0.2) is 42.5 Å². The fraction of sp³-hybridized carbons (Fsp3) is 0.391. The molecule has 160 valence electrons. The molecule has 2 aromatic carbocycles. The molecule has 2 aromatic rings. The topological polar surface area (TPSA) is 79.9 Å². The average Bonchev–Trinajstić information content (AvgIpc) is 3.22. The van der Waals surface area contributed by atoms with Gasteiger partial charge >= 0.3 is 6.03 Å². The van der Waals surface area contributed by atoms with Gasteiger partial charge in [0.15, 0.2) is 0 Å². The molecule has 3 rings (SSSR count). The number of likely N-dealkylation sites (tertiary alicyclic amines) is 1. The Kier molecular flexibility index (Phi) is 6.82. The number of amides is 3. The van der Waals surface area contributed by atoms with Crippen molar-refractivity contribution >= 4 is 17.6 Å². The maximum absolute atomic E-state index is 13.1. The van der Waals surface area contributed by atoms with Gasteiger partial charge < -0.3 is 25.0 Å². The summed E-state index contributed by atoms with van der Waals surface area (Å²) in [5.41, 5.74) is 2.58. The van der Waals surface area contributed by atoms with Crippen molar-refractivity contribution in [1.29, 1.82) is 0 Å². The molecule has 0 aromatic heterocycles. The van der Waals surface area contributed by atoms with E-state index in [1.165, 1.54) is 6.92 Å². The fourth-order valence-corrected chi connectivity index (χ4v) is 3.87. The van der Waals surface area contributed by atoms with Gasteiger partial charge in [-0.2, -0.15) is 0 Å². The van der Waals surface area contributed by atoms with Gasteiger partial charge in [0.2, 0.25) is 5.91 Å². The van der Waals surface area contributed by atoms with Crippen LogP contribution in [0.25, 0.3) is 0 Å². The highest BCUT2D eigenvalue weighted by Crippen LogP contribution is 2.39. The Morgan fingerprint density at radius 1 is 1.13 bits per heavy atom. The fourth-order valence-electron chi connectivity index (χ4n) is 3.87. The minimum absolute atomic E-state index is 0.0760. The van der Waals surface area contributed by atoms with E-state index in [0.29, 0.717) is 12.2 Å². The van der Waals surface area contributed by atoms with Crippen LogP contribution in [0.4, 0.5) is 10.5 Å². The summed E-state index contributed by atoms with van der Waals surface area (Å²) in [5, 5.41) is 5.86. The van der Waals surface area contributed by atoms with Crippen LogP contribution in [0, 0.1) is 0 Å². The summed E-state index contributed by atoms with van der Waals surface area (Å²) < 4.78 is 10.9. The molecule has 7 heteroatoms. The molecule has 7 nitrogen and oxygen atoms in total. The second-order valence-electron chi connectivity index (χ2n) is 7.44. The van der Waals surface area contributed by atoms with Gasteiger partial charge in [-0.05, 0) is 55.7 Å². The quantitative estimate of drug-likeness (QED) is 0.744. The Bertz CT molecular complexity index is 915. The molecule has 0 spiro atoms. The first kappa shape index (κ1) is 21.5. The lowest BCUT2D eigenvalue weighted by Gasteiger charge is -2.28. The van der Waals surface area contributed by atoms with E-state index in [9.17, 15) is 9.59 Å². The normalized spacial score (nSPS) is 16.7. The zero-order chi connectivity index (χ0) is 21.7. The van der Waals surface area contributed by atoms with Crippen LogP contribution in [-0.4, -0.2) is 37.6 Å². The second kappa shape index (κ2) is 9.52. The van der Waals surface area contributed by atoms with Gasteiger partial charge in [0, 0.05) is 24.7 Å². The molecule has 1 heterocycles. The zero-order valence-electron chi connectivity index (χ0n) is 17.9. The summed E-state index contributed by atoms with van der Waals surface area (Å²) in [6.45, 7) is 4.08. The summed E-state index contributed by atoms with van der Waals surface area (Å²) in [7, 11) is 3.26. The van der Waals surface area contributed by atoms with Crippen molar-refractivity contribution in [3.63, 3.8) is 0 Å². The van der Waals surface area contributed by atoms with Crippen LogP contribution in [0.5, 0.6) is 11.5 Å². The highest BCUT2D eigenvalue weighted by atomic mass is 16.5. The minimum atomic E-state index is -0.209. The lowest BCUT2D eigenvalue weighted by atomic mass is 10.0. The molecule has 2 atom stereocenters. The number of methoxy groups -OCH3 is 2. The predicted octanol–water partition coefficient (Wildman–Crippen LogP) is 4.27. The third-order valence-corrected chi connectivity index (χ3v) is 5.36. The van der Waals surface area contributed by atoms with Crippen LogP contribution in [-0.2, 0) is 4.79 Å². The van der Waals surface area contributed by atoms with Gasteiger partial charge in [-0.1, -0.05) is 12.1 Å². The summed E-state index contributed by atoms with van der Waals surface area (Å²) in [6.07, 6.45) is 1.79. The van der Waals surface area contributed by atoms with Crippen LogP contribution < -0.4 is 20.1 Å². The summed E-state index contributed by atoms with van der Waals surface area (Å²) >= 11 is 0. The third-order valence-electron chi connectivity index (χ3n) is 5.36. The van der Waals surface area contributed by atoms with Gasteiger partial charge in [-0.3, -0.25) is 4.79 Å². The Labute approximate surface area is 177 Å². The number of hydrogen-bond acceptors (Lipinski definition) is 4. The minimum Gasteiger partial charge on any atom is -0.497 e. The Morgan fingerprint density at radius 2 is 1.93 bits per heavy atom. The van der Waals surface area contributed by atoms with Crippen molar-refractivity contribution in [2.75, 3.05) is 26.1 Å². The molecule has 0 bridgehead atoms. The number of nitrogens with one attached hydrogen (secondary N) is 2. The van der Waals surface area contributed by atoms with E-state index in [-0.39, 0.29) is 24.0 Å². The smallest absolute Gasteiger partial charge is 0.318 e. The lowest BCUT2D eigenvalue weighted by molar-refractivity contribution is -0.114. The maximum Gasteiger partial charge on any atom is 0.318 e. The molecule has 30 heavy (non-hydrogen) atoms. The van der Waals surface area contributed by atoms with Gasteiger partial charge in [0.05, 0.1) is 26.3 Å². The number of urea groups is 1. The van der Waals surface area contributed by atoms with Gasteiger partial charge in [-0.25, -0.2) is 4.79 Å². The van der Waals surface area contributed by atoms with Crippen molar-refractivity contribution in [3.05, 3.63) is 53.6 Å². The molecule has 0 radical (unpaired) electrons. The first-order valence-corrected chi connectivity index (χ1v) is 10.1. The lowest BCUT2D eigenvalue weighted by Crippen LogP contribution is -2.40. The van der Waals surface area contributed by atoms with E-state index in [1.54, 1.807) is 14.2 Å². The van der Waals surface area contributed by atoms with Crippen LogP contribution >= 0.6 is 0 Å². The van der Waals surface area contributed by atoms with Crippen LogP contribution in [0.3, 0.4) is 0 Å². The van der Waals surface area contributed by atoms with Crippen molar-refractivity contribution in [1.82, 2.24) is 10.2 Å². The van der Waals surface area contributed by atoms with E-state index in [0.717, 1.165) is 35.5 Å². The van der Waals surface area contributed by atoms with Crippen LogP contribution in [0.2, 0.25) is 0 Å². The standard InChI is InChI=1S/C23H29N3O4/c1-15(17-7-5-8-18(13-17)25-16(2)27)24-23(28)26-12-6-9-21(26)20-14-19(29-3)10-11-22(20)30-4/h5,7-8,10-11,13-15,21H,6,9,12H2,1-4H3,(H,24,28)(H,25,27). The van der Waals surface area contributed by atoms with E-state index in [2.05, 4.69) is 10.6 Å². The number of anilines is 1. The number of benzene rings is 2. The van der Waals surface area contributed by atoms with E-state index in [4.69, 9.17) is 9.47 Å². The highest BCUT2D eigenvalue weighted by molar-refractivity contribution is 5.88. The van der Waals surface area contributed by atoms with Crippen molar-refractivity contribution in [3.8, 4) is 11.5 Å². The molecule has 0 saturated carbocycles. The molecule has 2 N–H and O–H groups in total. The van der Waals surface area contributed by atoms with Crippen molar-refractivity contribution in [2.24, 2.45) is 0 Å². The second-order valence-corrected chi connectivity index (χ2v) is 7.44. The number of ether oxygens (including phenoxy) is 2. The molecule has 1 aliphatic heterocycles. The summed E-state index contributed by atoms with van der Waals surface area (Å²) in [4.78, 5) is 26.3. The number of hydrogen-bond donors (Lipinski definition) is 2. The number of carbonyl (C=O) groups is 2. The van der Waals surface area contributed by atoms with Crippen molar-refractivity contribution in [2.45, 2.75) is 38.8 Å². The predicted molar refractivity (Wildman–Crippen MR) is 116 cm³/mol. The maximum atomic E-state index is 13.1. The first-order chi connectivity index (χ1) is 14.4. The Balaban J connectivity index is 1.76. The van der Waals surface area contributed by atoms with E-state index >= 15 is 0 Å². The average molecular weight is 412 g/mol. The van der Waals surface area contributed by atoms with Gasteiger partial charge in [0.1, 0.15) is 11.5 Å². The molecule has 2 unspecified atom stereocenters. The first-order valence-electron chi connectivity index (χ1n) is 10.1. The van der Waals surface area contributed by atoms with E-state index in [1.807, 2.05) is 54.3 Å². The largest absolute Gasteiger partial charge is 0.497 e. The van der Waals surface area contributed by atoms with Gasteiger partial charge in [0.25, 0.3) is 0 Å². The number of carbonyl (C=O) groups excluding carboxylic acids is 2. The molecule has 3 amide bonds. The summed E-state index contributed by atoms with van der Waals surface area (Å²) in [6, 6.07) is 12.8. The van der Waals surface area contributed by atoms with E-state index < -0.39 is 0 Å². The Morgan fingerprint density at radius 3 is 2.63 bits per heavy atom. The number of nitrogens with zero attached hydrogens (tertiary/aromatic N) is 1. The van der Waals surface area contributed by atoms with Crippen LogP contribution in [0.1, 0.15) is 49.9 Å². The van der Waals surface area contributed by atoms with Crippen molar-refractivity contribution < 1.29 is 19.1 Å². The summed E-state index contributed by atoms with van der Waals surface area (Å²) in [5.74, 6) is 1.36. The molecule has 1 aliphatic rings. The highest BCUT2D eigenvalue weighted by Gasteiger charge is 2.32. The molecule has 1 fully saturated rings. The monoisotopic (exact) mass is 411 g/mol. The zero-order valence-corrected chi connectivity index (χ0v) is 17.9. The molecular weight excluding hydrogens is 382 g/mol. The molecule has 1 saturated heterocycles. The molecular formula is C23H29N3O4. The van der Waals surface area contributed by atoms with Gasteiger partial charge in [-0.15, -0.1) is 0 Å².